The van der Waals surface area contributed by atoms with Gasteiger partial charge in [-0.2, -0.15) is 0 Å². The molecule has 8 heteroatoms. The molecule has 4 aliphatic rings. The first-order valence-corrected chi connectivity index (χ1v) is 11.4. The van der Waals surface area contributed by atoms with Crippen LogP contribution >= 0.6 is 11.6 Å². The second kappa shape index (κ2) is 7.99. The highest BCUT2D eigenvalue weighted by atomic mass is 35.5. The van der Waals surface area contributed by atoms with Gasteiger partial charge in [0, 0.05) is 29.0 Å². The van der Waals surface area contributed by atoms with Gasteiger partial charge in [0.05, 0.1) is 6.10 Å². The van der Waals surface area contributed by atoms with Crippen LogP contribution in [0.25, 0.3) is 0 Å². The minimum atomic E-state index is -0.787. The van der Waals surface area contributed by atoms with Gasteiger partial charge in [0.2, 0.25) is 0 Å². The number of halogens is 2. The van der Waals surface area contributed by atoms with E-state index in [-0.39, 0.29) is 41.5 Å². The third-order valence-electron chi connectivity index (χ3n) is 6.99. The van der Waals surface area contributed by atoms with Gasteiger partial charge < -0.3 is 19.9 Å². The van der Waals surface area contributed by atoms with Gasteiger partial charge in [0.1, 0.15) is 17.3 Å². The van der Waals surface area contributed by atoms with Crippen LogP contribution in [-0.2, 0) is 9.59 Å². The molecule has 2 N–H and O–H groups in total. The minimum absolute atomic E-state index is 0.0238. The van der Waals surface area contributed by atoms with Crippen molar-refractivity contribution in [2.75, 3.05) is 6.61 Å². The van der Waals surface area contributed by atoms with Crippen molar-refractivity contribution in [2.24, 2.45) is 5.41 Å². The summed E-state index contributed by atoms with van der Waals surface area (Å²) in [5.74, 6) is 0.369. The smallest absolute Gasteiger partial charge is 0.258 e. The fraction of sp³-hybridized carbons (Fsp3) is 0.440. The van der Waals surface area contributed by atoms with E-state index < -0.39 is 12.2 Å². The van der Waals surface area contributed by atoms with E-state index in [4.69, 9.17) is 21.1 Å². The maximum Gasteiger partial charge on any atom is 0.258 e. The van der Waals surface area contributed by atoms with Crippen molar-refractivity contribution >= 4 is 23.3 Å². The van der Waals surface area contributed by atoms with Crippen LogP contribution in [0.5, 0.6) is 11.5 Å². The number of amides is 1. The molecular weight excluding hydrogens is 449 g/mol. The molecule has 3 fully saturated rings. The summed E-state index contributed by atoms with van der Waals surface area (Å²) in [5, 5.41) is 14.0. The highest BCUT2D eigenvalue weighted by Gasteiger charge is 2.68. The number of rotatable bonds is 7. The quantitative estimate of drug-likeness (QED) is 0.633. The Morgan fingerprint density at radius 2 is 2.00 bits per heavy atom. The summed E-state index contributed by atoms with van der Waals surface area (Å²) in [6.45, 7) is 1.49. The van der Waals surface area contributed by atoms with E-state index in [1.54, 1.807) is 31.2 Å². The van der Waals surface area contributed by atoms with Crippen LogP contribution in [0.2, 0.25) is 5.02 Å². The van der Waals surface area contributed by atoms with Crippen molar-refractivity contribution in [1.82, 2.24) is 5.32 Å². The highest BCUT2D eigenvalue weighted by molar-refractivity contribution is 6.30. The topological polar surface area (TPSA) is 84.9 Å². The molecule has 0 spiro atoms. The second-order valence-corrected chi connectivity index (χ2v) is 10.2. The van der Waals surface area contributed by atoms with Gasteiger partial charge in [-0.3, -0.25) is 9.59 Å². The number of carbonyl (C=O) groups is 2. The Morgan fingerprint density at radius 3 is 2.73 bits per heavy atom. The lowest BCUT2D eigenvalue weighted by Gasteiger charge is -2.70. The van der Waals surface area contributed by atoms with Gasteiger partial charge in [-0.1, -0.05) is 11.6 Å². The number of carbonyl (C=O) groups excluding carboxylic acids is 2. The van der Waals surface area contributed by atoms with E-state index >= 15 is 0 Å². The largest absolute Gasteiger partial charge is 0.484 e. The molecular formula is C25H25ClFNO5. The minimum Gasteiger partial charge on any atom is -0.484 e. The number of ketones is 1. The average molecular weight is 474 g/mol. The summed E-state index contributed by atoms with van der Waals surface area (Å²) in [6.07, 6.45) is 1.35. The maximum absolute atomic E-state index is 13.3. The van der Waals surface area contributed by atoms with E-state index in [1.807, 2.05) is 0 Å². The van der Waals surface area contributed by atoms with Crippen molar-refractivity contribution < 1.29 is 28.6 Å². The lowest BCUT2D eigenvalue weighted by Crippen LogP contribution is -2.75. The molecule has 0 radical (unpaired) electrons. The molecule has 3 aliphatic carbocycles. The highest BCUT2D eigenvalue weighted by Crippen LogP contribution is 2.69. The lowest BCUT2D eigenvalue weighted by molar-refractivity contribution is -0.175. The number of ether oxygens (including phenoxy) is 2. The third-order valence-corrected chi connectivity index (χ3v) is 7.22. The van der Waals surface area contributed by atoms with Crippen LogP contribution < -0.4 is 14.8 Å². The molecule has 2 atom stereocenters. The Labute approximate surface area is 196 Å². The zero-order chi connectivity index (χ0) is 23.4. The van der Waals surface area contributed by atoms with Crippen molar-refractivity contribution in [3.05, 3.63) is 58.4 Å². The normalized spacial score (nSPS) is 29.1. The summed E-state index contributed by atoms with van der Waals surface area (Å²) in [6, 6.07) is 9.38. The molecule has 0 aromatic heterocycles. The molecule has 1 heterocycles. The van der Waals surface area contributed by atoms with Crippen molar-refractivity contribution in [1.29, 1.82) is 0 Å². The fourth-order valence-corrected chi connectivity index (χ4v) is 5.79. The SMILES string of the molecule is Cc1cc(OCC(=O)NC23CC(CC(=O)[C@@H]4C[C@H](O)c5cc(Cl)ccc5O4)(C2)C3)ccc1F. The Balaban J connectivity index is 1.10. The van der Waals surface area contributed by atoms with Crippen molar-refractivity contribution in [2.45, 2.75) is 56.8 Å². The zero-order valence-electron chi connectivity index (χ0n) is 18.2. The molecule has 2 bridgehead atoms. The third kappa shape index (κ3) is 4.20. The molecule has 3 saturated carbocycles. The molecule has 1 amide bonds. The van der Waals surface area contributed by atoms with Crippen LogP contribution in [0.15, 0.2) is 36.4 Å². The Kier molecular flexibility index (Phi) is 5.37. The zero-order valence-corrected chi connectivity index (χ0v) is 19.0. The summed E-state index contributed by atoms with van der Waals surface area (Å²) in [4.78, 5) is 25.2. The van der Waals surface area contributed by atoms with E-state index in [0.29, 0.717) is 34.1 Å². The van der Waals surface area contributed by atoms with E-state index in [2.05, 4.69) is 5.32 Å². The van der Waals surface area contributed by atoms with Gasteiger partial charge in [-0.05, 0) is 73.6 Å². The van der Waals surface area contributed by atoms with E-state index in [1.165, 1.54) is 12.1 Å². The average Bonchev–Trinajstić information content (AvgIpc) is 2.72. The molecule has 0 saturated heterocycles. The van der Waals surface area contributed by atoms with E-state index in [0.717, 1.165) is 19.3 Å². The molecule has 2 aromatic carbocycles. The lowest BCUT2D eigenvalue weighted by atomic mass is 9.38. The number of hydrogen-bond donors (Lipinski definition) is 2. The fourth-order valence-electron chi connectivity index (χ4n) is 5.60. The summed E-state index contributed by atoms with van der Waals surface area (Å²) in [7, 11) is 0. The number of benzene rings is 2. The van der Waals surface area contributed by atoms with Gasteiger partial charge in [-0.15, -0.1) is 0 Å². The predicted molar refractivity (Wildman–Crippen MR) is 119 cm³/mol. The molecule has 6 rings (SSSR count). The molecule has 6 nitrogen and oxygen atoms in total. The Morgan fingerprint density at radius 1 is 1.24 bits per heavy atom. The number of nitrogens with one attached hydrogen (secondary N) is 1. The van der Waals surface area contributed by atoms with Crippen LogP contribution in [0.1, 0.15) is 49.3 Å². The van der Waals surface area contributed by atoms with Gasteiger partial charge >= 0.3 is 0 Å². The molecule has 174 valence electrons. The van der Waals surface area contributed by atoms with Gasteiger partial charge in [0.25, 0.3) is 5.91 Å². The van der Waals surface area contributed by atoms with Crippen LogP contribution in [0.3, 0.4) is 0 Å². The number of aryl methyl sites for hydroxylation is 1. The number of fused-ring (bicyclic) bond motifs is 1. The summed E-state index contributed by atoms with van der Waals surface area (Å²) in [5.41, 5.74) is 0.696. The first-order chi connectivity index (χ1) is 15.7. The first-order valence-electron chi connectivity index (χ1n) is 11.0. The van der Waals surface area contributed by atoms with Crippen molar-refractivity contribution in [3.63, 3.8) is 0 Å². The number of Topliss-reactive ketones (excluding diaryl/α,β-unsaturated/α-hetero) is 1. The predicted octanol–water partition coefficient (Wildman–Crippen LogP) is 4.05. The maximum atomic E-state index is 13.3. The summed E-state index contributed by atoms with van der Waals surface area (Å²) >= 11 is 5.99. The molecule has 0 unspecified atom stereocenters. The van der Waals surface area contributed by atoms with Gasteiger partial charge in [0.15, 0.2) is 18.5 Å². The Bertz CT molecular complexity index is 1120. The first kappa shape index (κ1) is 22.2. The monoisotopic (exact) mass is 473 g/mol. The molecule has 2 aromatic rings. The van der Waals surface area contributed by atoms with Crippen LogP contribution in [0, 0.1) is 18.2 Å². The van der Waals surface area contributed by atoms with Crippen LogP contribution in [-0.4, -0.2) is 35.0 Å². The number of aliphatic hydroxyl groups is 1. The van der Waals surface area contributed by atoms with Crippen LogP contribution in [0.4, 0.5) is 4.39 Å². The molecule has 1 aliphatic heterocycles. The number of hydrogen-bond acceptors (Lipinski definition) is 5. The van der Waals surface area contributed by atoms with E-state index in [9.17, 15) is 19.1 Å². The summed E-state index contributed by atoms with van der Waals surface area (Å²) < 4.78 is 24.7. The van der Waals surface area contributed by atoms with Gasteiger partial charge in [-0.25, -0.2) is 4.39 Å². The van der Waals surface area contributed by atoms with Crippen molar-refractivity contribution in [3.8, 4) is 11.5 Å². The number of aliphatic hydroxyl groups excluding tert-OH is 1. The molecule has 33 heavy (non-hydrogen) atoms. The Hall–Kier alpha value is -2.64. The standard InChI is InChI=1S/C25H25ClFNO5/c1-14-6-16(3-4-18(14)27)32-10-23(31)28-25-11-24(12-25,13-25)9-20(30)22-8-19(29)17-7-15(26)2-5-21(17)33-22/h2-7,19,22,29H,8-13H2,1H3,(H,28,31)/t19-,22-,24?,25?/m0/s1. The second-order valence-electron chi connectivity index (χ2n) is 9.74.